The molecule has 0 aliphatic carbocycles. The van der Waals surface area contributed by atoms with Gasteiger partial charge in [0.2, 0.25) is 5.91 Å². The number of nitrogens with one attached hydrogen (secondary N) is 4. The number of amides is 4. The Morgan fingerprint density at radius 3 is 1.98 bits per heavy atom. The zero-order valence-corrected chi connectivity index (χ0v) is 32.6. The van der Waals surface area contributed by atoms with Crippen molar-refractivity contribution in [3.05, 3.63) is 184 Å². The molecule has 6 rings (SSSR count). The first-order valence-corrected chi connectivity index (χ1v) is 19.6. The van der Waals surface area contributed by atoms with E-state index in [4.69, 9.17) is 4.74 Å². The van der Waals surface area contributed by atoms with Crippen LogP contribution in [0.15, 0.2) is 156 Å². The fraction of sp³-hybridized carbons (Fsp3) is 0.0889. The fourth-order valence-electron chi connectivity index (χ4n) is 5.69. The first-order valence-electron chi connectivity index (χ1n) is 17.9. The third-order valence-electron chi connectivity index (χ3n) is 8.43. The summed E-state index contributed by atoms with van der Waals surface area (Å²) < 4.78 is 5.34. The fourth-order valence-corrected chi connectivity index (χ4v) is 7.87. The summed E-state index contributed by atoms with van der Waals surface area (Å²) in [5.74, 6) is -2.52. The molecule has 0 saturated carbocycles. The van der Waals surface area contributed by atoms with Gasteiger partial charge >= 0.3 is 5.97 Å². The Labute approximate surface area is 338 Å². The van der Waals surface area contributed by atoms with Gasteiger partial charge < -0.3 is 26.0 Å². The molecular weight excluding hydrogens is 757 g/mol. The Kier molecular flexibility index (Phi) is 13.5. The Morgan fingerprint density at radius 1 is 0.702 bits per heavy atom. The summed E-state index contributed by atoms with van der Waals surface area (Å²) in [6.45, 7) is 3.43. The molecule has 12 heteroatoms. The standard InChI is InChI=1S/C45H38N4O6S2/c1-3-55-45(54)37-29(2)38(42(52)46-33-23-14-7-15-24-33)57-44(37)49-43(53)39(31-19-10-5-11-20-31)56-35-26-16-25-34(28-35)47-41(51)36(27-30-17-8-4-9-18-30)48-40(50)32-21-12-6-13-22-32/h4-28,39H,3H2,1-2H3,(H,46,52)(H,47,51)(H,48,50)(H,49,53)/b36-27-. The third kappa shape index (κ3) is 10.5. The first-order chi connectivity index (χ1) is 27.7. The number of hydrogen-bond acceptors (Lipinski definition) is 8. The summed E-state index contributed by atoms with van der Waals surface area (Å²) in [5.41, 5.74) is 3.33. The maximum absolute atomic E-state index is 14.3. The second kappa shape index (κ2) is 19.2. The van der Waals surface area contributed by atoms with Crippen LogP contribution in [-0.2, 0) is 14.3 Å². The minimum Gasteiger partial charge on any atom is -0.462 e. The highest BCUT2D eigenvalue weighted by molar-refractivity contribution is 8.00. The van der Waals surface area contributed by atoms with E-state index in [-0.39, 0.29) is 27.7 Å². The number of carbonyl (C=O) groups is 5. The van der Waals surface area contributed by atoms with Gasteiger partial charge in [-0.25, -0.2) is 4.79 Å². The second-order valence-corrected chi connectivity index (χ2v) is 14.7. The van der Waals surface area contributed by atoms with E-state index >= 15 is 0 Å². The number of carbonyl (C=O) groups excluding carboxylic acids is 5. The Hall–Kier alpha value is -6.76. The van der Waals surface area contributed by atoms with Crippen LogP contribution < -0.4 is 21.3 Å². The molecule has 57 heavy (non-hydrogen) atoms. The highest BCUT2D eigenvalue weighted by Gasteiger charge is 2.30. The van der Waals surface area contributed by atoms with Crippen LogP contribution >= 0.6 is 23.1 Å². The predicted octanol–water partition coefficient (Wildman–Crippen LogP) is 9.37. The number of thiophene rings is 1. The number of rotatable bonds is 14. The van der Waals surface area contributed by atoms with Crippen LogP contribution in [0, 0.1) is 6.92 Å². The van der Waals surface area contributed by atoms with Crippen LogP contribution in [0.3, 0.4) is 0 Å². The molecule has 4 N–H and O–H groups in total. The van der Waals surface area contributed by atoms with Crippen LogP contribution in [0.2, 0.25) is 0 Å². The molecule has 4 amide bonds. The molecule has 1 atom stereocenters. The number of anilines is 3. The molecule has 5 aromatic carbocycles. The SMILES string of the molecule is CCOC(=O)c1c(NC(=O)C(Sc2cccc(NC(=O)/C(=C/c3ccccc3)NC(=O)c3ccccc3)c2)c2ccccc2)sc(C(=O)Nc2ccccc2)c1C. The molecule has 1 aromatic heterocycles. The average molecular weight is 795 g/mol. The van der Waals surface area contributed by atoms with E-state index in [1.54, 1.807) is 92.7 Å². The minimum atomic E-state index is -0.824. The molecule has 0 spiro atoms. The molecule has 10 nitrogen and oxygen atoms in total. The summed E-state index contributed by atoms with van der Waals surface area (Å²) in [4.78, 5) is 68.7. The van der Waals surface area contributed by atoms with E-state index < -0.39 is 34.8 Å². The number of para-hydroxylation sites is 1. The zero-order chi connectivity index (χ0) is 40.1. The van der Waals surface area contributed by atoms with Crippen molar-refractivity contribution in [1.82, 2.24) is 5.32 Å². The summed E-state index contributed by atoms with van der Waals surface area (Å²) in [7, 11) is 0. The van der Waals surface area contributed by atoms with Crippen LogP contribution in [0.25, 0.3) is 6.08 Å². The molecular formula is C45H38N4O6S2. The van der Waals surface area contributed by atoms with Crippen molar-refractivity contribution >= 4 is 75.1 Å². The second-order valence-electron chi connectivity index (χ2n) is 12.5. The van der Waals surface area contributed by atoms with Crippen LogP contribution in [0.1, 0.15) is 59.3 Å². The van der Waals surface area contributed by atoms with E-state index in [0.29, 0.717) is 38.5 Å². The molecule has 286 valence electrons. The number of ether oxygens (including phenoxy) is 1. The van der Waals surface area contributed by atoms with E-state index in [9.17, 15) is 24.0 Å². The van der Waals surface area contributed by atoms with Crippen LogP contribution in [0.5, 0.6) is 0 Å². The molecule has 0 saturated heterocycles. The maximum atomic E-state index is 14.3. The van der Waals surface area contributed by atoms with Gasteiger partial charge in [0.05, 0.1) is 17.0 Å². The largest absolute Gasteiger partial charge is 0.462 e. The minimum absolute atomic E-state index is 0.0371. The summed E-state index contributed by atoms with van der Waals surface area (Å²) >= 11 is 2.23. The summed E-state index contributed by atoms with van der Waals surface area (Å²) in [6.07, 6.45) is 1.60. The number of benzene rings is 5. The molecule has 0 bridgehead atoms. The zero-order valence-electron chi connectivity index (χ0n) is 31.0. The normalized spacial score (nSPS) is 11.5. The van der Waals surface area contributed by atoms with Crippen molar-refractivity contribution in [2.45, 2.75) is 24.0 Å². The smallest absolute Gasteiger partial charge is 0.341 e. The van der Waals surface area contributed by atoms with Gasteiger partial charge in [0, 0.05) is 21.8 Å². The lowest BCUT2D eigenvalue weighted by atomic mass is 10.1. The van der Waals surface area contributed by atoms with E-state index in [1.165, 1.54) is 11.8 Å². The van der Waals surface area contributed by atoms with E-state index in [1.807, 2.05) is 72.8 Å². The van der Waals surface area contributed by atoms with Crippen molar-refractivity contribution < 1.29 is 28.7 Å². The Morgan fingerprint density at radius 2 is 1.32 bits per heavy atom. The van der Waals surface area contributed by atoms with Gasteiger partial charge in [-0.05, 0) is 79.1 Å². The Bertz CT molecular complexity index is 2400. The highest BCUT2D eigenvalue weighted by atomic mass is 32.2. The van der Waals surface area contributed by atoms with Crippen LogP contribution in [0.4, 0.5) is 16.4 Å². The number of hydrogen-bond donors (Lipinski definition) is 4. The lowest BCUT2D eigenvalue weighted by Crippen LogP contribution is -2.30. The van der Waals surface area contributed by atoms with Gasteiger partial charge in [-0.1, -0.05) is 103 Å². The van der Waals surface area contributed by atoms with Crippen molar-refractivity contribution in [2.75, 3.05) is 22.6 Å². The molecule has 0 fully saturated rings. The number of thioether (sulfide) groups is 1. The van der Waals surface area contributed by atoms with Crippen molar-refractivity contribution in [3.63, 3.8) is 0 Å². The maximum Gasteiger partial charge on any atom is 0.341 e. The van der Waals surface area contributed by atoms with Gasteiger partial charge in [0.25, 0.3) is 17.7 Å². The highest BCUT2D eigenvalue weighted by Crippen LogP contribution is 2.40. The quantitative estimate of drug-likeness (QED) is 0.0489. The van der Waals surface area contributed by atoms with Gasteiger partial charge in [-0.15, -0.1) is 23.1 Å². The van der Waals surface area contributed by atoms with Crippen molar-refractivity contribution in [1.29, 1.82) is 0 Å². The molecule has 1 unspecified atom stereocenters. The molecule has 0 aliphatic heterocycles. The lowest BCUT2D eigenvalue weighted by Gasteiger charge is -2.18. The molecule has 0 aliphatic rings. The average Bonchev–Trinajstić information content (AvgIpc) is 3.56. The van der Waals surface area contributed by atoms with Gasteiger partial charge in [-0.2, -0.15) is 0 Å². The van der Waals surface area contributed by atoms with E-state index in [2.05, 4.69) is 21.3 Å². The van der Waals surface area contributed by atoms with E-state index in [0.717, 1.165) is 11.3 Å². The van der Waals surface area contributed by atoms with Gasteiger partial charge in [0.15, 0.2) is 0 Å². The summed E-state index contributed by atoms with van der Waals surface area (Å²) in [6, 6.07) is 42.8. The van der Waals surface area contributed by atoms with Crippen molar-refractivity contribution in [2.24, 2.45) is 0 Å². The Balaban J connectivity index is 1.25. The predicted molar refractivity (Wildman–Crippen MR) is 226 cm³/mol. The molecule has 6 aromatic rings. The van der Waals surface area contributed by atoms with Gasteiger partial charge in [-0.3, -0.25) is 19.2 Å². The topological polar surface area (TPSA) is 143 Å². The van der Waals surface area contributed by atoms with Crippen LogP contribution in [-0.4, -0.2) is 36.2 Å². The monoisotopic (exact) mass is 794 g/mol. The summed E-state index contributed by atoms with van der Waals surface area (Å²) in [5, 5.41) is 10.8. The molecule has 0 radical (unpaired) electrons. The third-order valence-corrected chi connectivity index (χ3v) is 10.9. The van der Waals surface area contributed by atoms with Gasteiger partial charge in [0.1, 0.15) is 15.9 Å². The number of esters is 1. The lowest BCUT2D eigenvalue weighted by molar-refractivity contribution is -0.116. The molecule has 1 heterocycles. The first kappa shape index (κ1) is 39.9. The van der Waals surface area contributed by atoms with Crippen molar-refractivity contribution in [3.8, 4) is 0 Å².